The van der Waals surface area contributed by atoms with Crippen molar-refractivity contribution in [2.24, 2.45) is 51.3 Å². The highest BCUT2D eigenvalue weighted by atomic mass is 16.5. The molecule has 0 saturated heterocycles. The normalized spacial score (nSPS) is 57.7. The van der Waals surface area contributed by atoms with Gasteiger partial charge in [0.15, 0.2) is 0 Å². The maximum Gasteiger partial charge on any atom is 0.331 e. The predicted molar refractivity (Wildman–Crippen MR) is 147 cm³/mol. The van der Waals surface area contributed by atoms with Crippen LogP contribution < -0.4 is 0 Å². The first-order valence-corrected chi connectivity index (χ1v) is 16.1. The summed E-state index contributed by atoms with van der Waals surface area (Å²) in [6.45, 7) is 2.62. The van der Waals surface area contributed by atoms with Gasteiger partial charge in [-0.25, -0.2) is 4.79 Å². The van der Waals surface area contributed by atoms with Gasteiger partial charge < -0.3 is 20.1 Å². The van der Waals surface area contributed by atoms with Crippen molar-refractivity contribution in [2.45, 2.75) is 126 Å². The highest BCUT2D eigenvalue weighted by molar-refractivity contribution is 5.85. The summed E-state index contributed by atoms with van der Waals surface area (Å²) in [6.07, 6.45) is 18.0. The summed E-state index contributed by atoms with van der Waals surface area (Å²) in [7, 11) is 0. The Kier molecular flexibility index (Phi) is 5.35. The van der Waals surface area contributed by atoms with Crippen LogP contribution in [0.2, 0.25) is 0 Å². The third-order valence-corrected chi connectivity index (χ3v) is 14.2. The van der Waals surface area contributed by atoms with Crippen LogP contribution in [0.4, 0.5) is 0 Å². The van der Waals surface area contributed by atoms with E-state index in [-0.39, 0.29) is 34.7 Å². The van der Waals surface area contributed by atoms with E-state index >= 15 is 0 Å². The summed E-state index contributed by atoms with van der Waals surface area (Å²) in [5.74, 6) is 2.64. The second-order valence-electron chi connectivity index (χ2n) is 15.9. The van der Waals surface area contributed by atoms with Crippen molar-refractivity contribution < 1.29 is 24.9 Å². The summed E-state index contributed by atoms with van der Waals surface area (Å²) in [6, 6.07) is 0. The molecule has 0 aromatic rings. The Morgan fingerprint density at radius 1 is 0.897 bits per heavy atom. The number of esters is 1. The number of ether oxygens (including phenoxy) is 1. The zero-order chi connectivity index (χ0) is 26.8. The van der Waals surface area contributed by atoms with Gasteiger partial charge in [0.25, 0.3) is 0 Å². The standard InChI is InChI=1S/C33H47NO5/c1-29-6-3-26-27(33(29,38)9-5-25(29)23-13-28(36)39-18-23)4-8-32(37)17-24(35)2-7-31(26,32)19-34-30-14-20-10-21(15-30)12-22(11-20)16-30/h13,19-22,24-27,35,37-38H,2-12,14-18H2,1H3/t20?,21?,22?,24-,25+,26-,27+,29-,30?,31+,32+,33+/m1/s1. The highest BCUT2D eigenvalue weighted by Crippen LogP contribution is 2.70. The molecule has 1 heterocycles. The molecule has 1 aliphatic heterocycles. The van der Waals surface area contributed by atoms with Crippen molar-refractivity contribution in [3.8, 4) is 0 Å². The smallest absolute Gasteiger partial charge is 0.331 e. The van der Waals surface area contributed by atoms with Gasteiger partial charge in [0.05, 0.1) is 22.8 Å². The van der Waals surface area contributed by atoms with E-state index in [9.17, 15) is 20.1 Å². The molecular weight excluding hydrogens is 490 g/mol. The topological polar surface area (TPSA) is 99.4 Å². The van der Waals surface area contributed by atoms with E-state index in [1.54, 1.807) is 6.08 Å². The van der Waals surface area contributed by atoms with Crippen molar-refractivity contribution in [1.29, 1.82) is 0 Å². The van der Waals surface area contributed by atoms with Crippen LogP contribution in [0.5, 0.6) is 0 Å². The molecule has 8 atom stereocenters. The third-order valence-electron chi connectivity index (χ3n) is 14.2. The Labute approximate surface area is 232 Å². The fraction of sp³-hybridized carbons (Fsp3) is 0.879. The maximum absolute atomic E-state index is 12.7. The predicted octanol–water partition coefficient (Wildman–Crippen LogP) is 4.74. The van der Waals surface area contributed by atoms with Crippen molar-refractivity contribution in [1.82, 2.24) is 0 Å². The number of carbonyl (C=O) groups is 1. The van der Waals surface area contributed by atoms with Gasteiger partial charge in [-0.2, -0.15) is 0 Å². The summed E-state index contributed by atoms with van der Waals surface area (Å²) >= 11 is 0. The molecule has 4 bridgehead atoms. The minimum Gasteiger partial charge on any atom is -0.458 e. The largest absolute Gasteiger partial charge is 0.458 e. The van der Waals surface area contributed by atoms with Gasteiger partial charge in [-0.15, -0.1) is 0 Å². The van der Waals surface area contributed by atoms with Crippen LogP contribution in [-0.4, -0.2) is 57.0 Å². The van der Waals surface area contributed by atoms with Gasteiger partial charge in [-0.05, 0) is 131 Å². The monoisotopic (exact) mass is 537 g/mol. The number of cyclic esters (lactones) is 1. The number of aliphatic imine (C=N–C) groups is 1. The lowest BCUT2D eigenvalue weighted by atomic mass is 9.41. The molecule has 6 nitrogen and oxygen atoms in total. The summed E-state index contributed by atoms with van der Waals surface area (Å²) in [5.41, 5.74) is -1.47. The van der Waals surface area contributed by atoms with Crippen molar-refractivity contribution in [3.63, 3.8) is 0 Å². The van der Waals surface area contributed by atoms with E-state index in [0.717, 1.165) is 61.9 Å². The van der Waals surface area contributed by atoms with Gasteiger partial charge in [0, 0.05) is 29.5 Å². The molecule has 9 rings (SSSR count). The number of carbonyl (C=O) groups excluding carboxylic acids is 1. The van der Waals surface area contributed by atoms with Gasteiger partial charge in [0.2, 0.25) is 0 Å². The molecule has 0 aromatic carbocycles. The summed E-state index contributed by atoms with van der Waals surface area (Å²) < 4.78 is 5.30. The second kappa shape index (κ2) is 8.19. The molecule has 9 aliphatic rings. The number of hydrogen-bond acceptors (Lipinski definition) is 6. The molecule has 0 aromatic heterocycles. The van der Waals surface area contributed by atoms with Crippen LogP contribution in [0.3, 0.4) is 0 Å². The van der Waals surface area contributed by atoms with E-state index in [0.29, 0.717) is 25.9 Å². The fourth-order valence-corrected chi connectivity index (χ4v) is 12.8. The van der Waals surface area contributed by atoms with Crippen LogP contribution in [-0.2, 0) is 9.53 Å². The number of aliphatic hydroxyl groups is 3. The van der Waals surface area contributed by atoms with E-state index in [1.807, 2.05) is 0 Å². The molecule has 3 N–H and O–H groups in total. The van der Waals surface area contributed by atoms with Crippen LogP contribution in [0.1, 0.15) is 103 Å². The number of rotatable bonds is 3. The van der Waals surface area contributed by atoms with E-state index < -0.39 is 22.7 Å². The maximum atomic E-state index is 12.7. The first-order valence-electron chi connectivity index (χ1n) is 16.1. The molecule has 0 unspecified atom stereocenters. The first kappa shape index (κ1) is 25.5. The lowest BCUT2D eigenvalue weighted by Crippen LogP contribution is -2.69. The Hall–Kier alpha value is -1.24. The number of nitrogens with zero attached hydrogens (tertiary/aromatic N) is 1. The Morgan fingerprint density at radius 2 is 1.59 bits per heavy atom. The Morgan fingerprint density at radius 3 is 2.26 bits per heavy atom. The SMILES string of the molecule is C[C@]12CC[C@@H]3[C@H](CC[C@]4(O)C[C@H](O)CC[C@]34C=NC34CC5CC(CC(C5)C3)C4)[C@@]1(O)CC[C@H]2C1=CC(=O)OC1. The summed E-state index contributed by atoms with van der Waals surface area (Å²) in [4.78, 5) is 17.5. The first-order chi connectivity index (χ1) is 18.6. The molecule has 39 heavy (non-hydrogen) atoms. The lowest BCUT2D eigenvalue weighted by Gasteiger charge is -2.66. The molecule has 8 aliphatic carbocycles. The van der Waals surface area contributed by atoms with E-state index in [2.05, 4.69) is 13.1 Å². The second-order valence-corrected chi connectivity index (χ2v) is 15.9. The van der Waals surface area contributed by atoms with Crippen LogP contribution in [0.15, 0.2) is 16.6 Å². The molecule has 214 valence electrons. The van der Waals surface area contributed by atoms with Crippen LogP contribution in [0, 0.1) is 46.3 Å². The molecule has 0 amide bonds. The van der Waals surface area contributed by atoms with Crippen molar-refractivity contribution in [2.75, 3.05) is 6.61 Å². The van der Waals surface area contributed by atoms with Crippen molar-refractivity contribution >= 4 is 12.2 Å². The highest BCUT2D eigenvalue weighted by Gasteiger charge is 2.71. The van der Waals surface area contributed by atoms with Gasteiger partial charge in [0.1, 0.15) is 6.61 Å². The number of hydrogen-bond donors (Lipinski definition) is 3. The number of fused-ring (bicyclic) bond motifs is 5. The number of aliphatic hydroxyl groups excluding tert-OH is 1. The van der Waals surface area contributed by atoms with Gasteiger partial charge >= 0.3 is 5.97 Å². The van der Waals surface area contributed by atoms with Gasteiger partial charge in [-0.3, -0.25) is 4.99 Å². The lowest BCUT2D eigenvalue weighted by molar-refractivity contribution is -0.237. The average Bonchev–Trinajstić information content (AvgIpc) is 3.41. The molecule has 0 radical (unpaired) electrons. The fourth-order valence-electron chi connectivity index (χ4n) is 12.8. The Balaban J connectivity index is 1.16. The molecule has 0 spiro atoms. The third kappa shape index (κ3) is 3.37. The van der Waals surface area contributed by atoms with Gasteiger partial charge in [-0.1, -0.05) is 6.92 Å². The zero-order valence-corrected chi connectivity index (χ0v) is 23.6. The Bertz CT molecular complexity index is 1100. The quantitative estimate of drug-likeness (QED) is 0.357. The van der Waals surface area contributed by atoms with E-state index in [1.165, 1.54) is 38.5 Å². The molecule has 8 fully saturated rings. The average molecular weight is 538 g/mol. The van der Waals surface area contributed by atoms with Crippen LogP contribution in [0.25, 0.3) is 0 Å². The van der Waals surface area contributed by atoms with E-state index in [4.69, 9.17) is 9.73 Å². The zero-order valence-electron chi connectivity index (χ0n) is 23.6. The van der Waals surface area contributed by atoms with Crippen molar-refractivity contribution in [3.05, 3.63) is 11.6 Å². The van der Waals surface area contributed by atoms with Crippen LogP contribution >= 0.6 is 0 Å². The summed E-state index contributed by atoms with van der Waals surface area (Å²) in [5, 5.41) is 35.8. The molecular formula is C33H47NO5. The molecule has 8 saturated carbocycles. The minimum atomic E-state index is -0.964. The minimum absolute atomic E-state index is 0.0490. The molecule has 6 heteroatoms.